The smallest absolute Gasteiger partial charge is 0.188 e. The van der Waals surface area contributed by atoms with E-state index in [1.165, 1.54) is 0 Å². The molecule has 0 aliphatic rings. The number of nitrogens with two attached hydrogens (primary N) is 1. The second-order valence-corrected chi connectivity index (χ2v) is 4.07. The summed E-state index contributed by atoms with van der Waals surface area (Å²) in [5.74, 6) is 1.29. The Bertz CT molecular complexity index is 372. The fourth-order valence-electron chi connectivity index (χ4n) is 1.23. The van der Waals surface area contributed by atoms with Crippen molar-refractivity contribution in [3.05, 3.63) is 36.3 Å². The molecule has 0 bridgehead atoms. The minimum absolute atomic E-state index is 0.448. The van der Waals surface area contributed by atoms with Crippen molar-refractivity contribution >= 4 is 5.96 Å². The molecule has 5 heteroatoms. The lowest BCUT2D eigenvalue weighted by Gasteiger charge is -2.06. The van der Waals surface area contributed by atoms with Crippen LogP contribution in [0.25, 0.3) is 0 Å². The van der Waals surface area contributed by atoms with Crippen LogP contribution in [-0.2, 0) is 11.3 Å². The minimum atomic E-state index is 0.448. The zero-order chi connectivity index (χ0) is 13.2. The zero-order valence-corrected chi connectivity index (χ0v) is 10.8. The van der Waals surface area contributed by atoms with Gasteiger partial charge < -0.3 is 20.2 Å². The van der Waals surface area contributed by atoms with E-state index >= 15 is 0 Å². The van der Waals surface area contributed by atoms with Gasteiger partial charge in [-0.2, -0.15) is 0 Å². The number of hydrogen-bond acceptors (Lipinski definition) is 3. The van der Waals surface area contributed by atoms with Crippen molar-refractivity contribution in [2.45, 2.75) is 20.0 Å². The lowest BCUT2D eigenvalue weighted by atomic mass is 10.4. The van der Waals surface area contributed by atoms with E-state index in [-0.39, 0.29) is 0 Å². The number of aliphatic imine (C=N–C) groups is 1. The van der Waals surface area contributed by atoms with Crippen LogP contribution in [0.4, 0.5) is 0 Å². The van der Waals surface area contributed by atoms with Crippen LogP contribution >= 0.6 is 0 Å². The summed E-state index contributed by atoms with van der Waals surface area (Å²) < 4.78 is 10.6. The molecule has 0 atom stereocenters. The van der Waals surface area contributed by atoms with E-state index in [4.69, 9.17) is 14.9 Å². The molecule has 18 heavy (non-hydrogen) atoms. The third kappa shape index (κ3) is 6.75. The van der Waals surface area contributed by atoms with Gasteiger partial charge in [-0.15, -0.1) is 0 Å². The van der Waals surface area contributed by atoms with E-state index in [9.17, 15) is 0 Å². The molecule has 100 valence electrons. The lowest BCUT2D eigenvalue weighted by molar-refractivity contribution is 0.105. The van der Waals surface area contributed by atoms with Gasteiger partial charge in [0.05, 0.1) is 12.8 Å². The second kappa shape index (κ2) is 8.36. The number of guanidine groups is 1. The topological polar surface area (TPSA) is 72.8 Å². The number of hydrogen-bond donors (Lipinski definition) is 2. The largest absolute Gasteiger partial charge is 0.467 e. The highest BCUT2D eigenvalue weighted by Gasteiger charge is 1.96. The second-order valence-electron chi connectivity index (χ2n) is 4.07. The number of ether oxygens (including phenoxy) is 1. The summed E-state index contributed by atoms with van der Waals surface area (Å²) in [7, 11) is 0. The molecule has 0 unspecified atom stereocenters. The molecule has 1 aromatic heterocycles. The Morgan fingerprint density at radius 1 is 1.61 bits per heavy atom. The van der Waals surface area contributed by atoms with Gasteiger partial charge in [0.15, 0.2) is 5.96 Å². The van der Waals surface area contributed by atoms with Gasteiger partial charge in [-0.05, 0) is 25.5 Å². The third-order valence-electron chi connectivity index (χ3n) is 2.12. The highest BCUT2D eigenvalue weighted by molar-refractivity contribution is 5.77. The molecule has 0 saturated carbocycles. The molecule has 0 aliphatic heterocycles. The van der Waals surface area contributed by atoms with Gasteiger partial charge in [0.1, 0.15) is 12.4 Å². The molecular weight excluding hydrogens is 230 g/mol. The molecule has 0 saturated heterocycles. The SMILES string of the molecule is C=C(C)CN=C(N)NCCCOCc1ccco1. The fourth-order valence-corrected chi connectivity index (χ4v) is 1.23. The van der Waals surface area contributed by atoms with Gasteiger partial charge in [-0.3, -0.25) is 0 Å². The van der Waals surface area contributed by atoms with E-state index in [0.29, 0.717) is 25.7 Å². The molecule has 0 radical (unpaired) electrons. The summed E-state index contributed by atoms with van der Waals surface area (Å²) >= 11 is 0. The van der Waals surface area contributed by atoms with Crippen molar-refractivity contribution < 1.29 is 9.15 Å². The summed E-state index contributed by atoms with van der Waals surface area (Å²) in [6.07, 6.45) is 2.50. The monoisotopic (exact) mass is 251 g/mol. The maximum atomic E-state index is 5.66. The van der Waals surface area contributed by atoms with Crippen LogP contribution in [0, 0.1) is 0 Å². The Balaban J connectivity index is 1.98. The average molecular weight is 251 g/mol. The molecular formula is C13H21N3O2. The highest BCUT2D eigenvalue weighted by atomic mass is 16.5. The first-order valence-corrected chi connectivity index (χ1v) is 5.97. The van der Waals surface area contributed by atoms with Gasteiger partial charge in [0.25, 0.3) is 0 Å². The van der Waals surface area contributed by atoms with Gasteiger partial charge in [-0.25, -0.2) is 4.99 Å². The maximum Gasteiger partial charge on any atom is 0.188 e. The first-order valence-electron chi connectivity index (χ1n) is 5.97. The Hall–Kier alpha value is -1.75. The van der Waals surface area contributed by atoms with Crippen molar-refractivity contribution in [2.24, 2.45) is 10.7 Å². The highest BCUT2D eigenvalue weighted by Crippen LogP contribution is 2.01. The molecule has 0 aromatic carbocycles. The van der Waals surface area contributed by atoms with Gasteiger partial charge >= 0.3 is 0 Å². The van der Waals surface area contributed by atoms with E-state index in [1.807, 2.05) is 19.1 Å². The summed E-state index contributed by atoms with van der Waals surface area (Å²) in [6.45, 7) is 8.13. The van der Waals surface area contributed by atoms with Crippen LogP contribution in [0.15, 0.2) is 40.0 Å². The Kier molecular flexibility index (Phi) is 6.64. The van der Waals surface area contributed by atoms with Crippen LogP contribution in [0.1, 0.15) is 19.1 Å². The molecule has 0 aliphatic carbocycles. The predicted octanol–water partition coefficient (Wildman–Crippen LogP) is 1.67. The number of furan rings is 1. The van der Waals surface area contributed by atoms with Crippen molar-refractivity contribution in [1.29, 1.82) is 0 Å². The van der Waals surface area contributed by atoms with Crippen LogP contribution in [0.5, 0.6) is 0 Å². The summed E-state index contributed by atoms with van der Waals surface area (Å²) in [5.41, 5.74) is 6.64. The summed E-state index contributed by atoms with van der Waals surface area (Å²) in [4.78, 5) is 4.11. The normalized spacial score (nSPS) is 11.5. The van der Waals surface area contributed by atoms with Crippen LogP contribution in [0.2, 0.25) is 0 Å². The Morgan fingerprint density at radius 2 is 2.44 bits per heavy atom. The first kappa shape index (κ1) is 14.3. The number of nitrogens with one attached hydrogen (secondary N) is 1. The molecule has 1 heterocycles. The Labute approximate surface area is 108 Å². The molecule has 1 rings (SSSR count). The molecule has 0 fully saturated rings. The van der Waals surface area contributed by atoms with Gasteiger partial charge in [0, 0.05) is 13.2 Å². The summed E-state index contributed by atoms with van der Waals surface area (Å²) in [6, 6.07) is 3.74. The van der Waals surface area contributed by atoms with Crippen molar-refractivity contribution in [3.8, 4) is 0 Å². The van der Waals surface area contributed by atoms with Crippen molar-refractivity contribution in [3.63, 3.8) is 0 Å². The lowest BCUT2D eigenvalue weighted by Crippen LogP contribution is -2.33. The average Bonchev–Trinajstić information content (AvgIpc) is 2.84. The van der Waals surface area contributed by atoms with Crippen LogP contribution in [0.3, 0.4) is 0 Å². The fraction of sp³-hybridized carbons (Fsp3) is 0.462. The van der Waals surface area contributed by atoms with Gasteiger partial charge in [0.2, 0.25) is 0 Å². The van der Waals surface area contributed by atoms with Gasteiger partial charge in [-0.1, -0.05) is 12.2 Å². The molecule has 3 N–H and O–H groups in total. The standard InChI is InChI=1S/C13H21N3O2/c1-11(2)9-16-13(14)15-6-4-7-17-10-12-5-3-8-18-12/h3,5,8H,1,4,6-7,9-10H2,2H3,(H3,14,15,16). The summed E-state index contributed by atoms with van der Waals surface area (Å²) in [5, 5.41) is 3.01. The molecule has 1 aromatic rings. The van der Waals surface area contributed by atoms with E-state index in [1.54, 1.807) is 6.26 Å². The van der Waals surface area contributed by atoms with Crippen LogP contribution < -0.4 is 11.1 Å². The zero-order valence-electron chi connectivity index (χ0n) is 10.8. The first-order chi connectivity index (χ1) is 8.68. The molecule has 0 amide bonds. The van der Waals surface area contributed by atoms with E-state index in [2.05, 4.69) is 16.9 Å². The quantitative estimate of drug-likeness (QED) is 0.319. The Morgan fingerprint density at radius 3 is 3.11 bits per heavy atom. The third-order valence-corrected chi connectivity index (χ3v) is 2.12. The minimum Gasteiger partial charge on any atom is -0.467 e. The molecule has 5 nitrogen and oxygen atoms in total. The van der Waals surface area contributed by atoms with Crippen molar-refractivity contribution in [2.75, 3.05) is 19.7 Å². The maximum absolute atomic E-state index is 5.66. The van der Waals surface area contributed by atoms with Crippen molar-refractivity contribution in [1.82, 2.24) is 5.32 Å². The predicted molar refractivity (Wildman–Crippen MR) is 72.3 cm³/mol. The molecule has 0 spiro atoms. The number of rotatable bonds is 8. The van der Waals surface area contributed by atoms with E-state index < -0.39 is 0 Å². The van der Waals surface area contributed by atoms with Crippen LogP contribution in [-0.4, -0.2) is 25.7 Å². The van der Waals surface area contributed by atoms with E-state index in [0.717, 1.165) is 24.3 Å². The number of nitrogens with zero attached hydrogens (tertiary/aromatic N) is 1.